The molecular weight excluding hydrogens is 318 g/mol. The van der Waals surface area contributed by atoms with Crippen LogP contribution in [0.4, 0.5) is 0 Å². The molecule has 2 rings (SSSR count). The second-order valence-electron chi connectivity index (χ2n) is 3.58. The molecule has 0 fully saturated rings. The van der Waals surface area contributed by atoms with E-state index >= 15 is 0 Å². The average Bonchev–Trinajstić information content (AvgIpc) is 2.75. The number of rotatable bonds is 3. The maximum Gasteiger partial charge on any atom is 0.255 e. The summed E-state index contributed by atoms with van der Waals surface area (Å²) in [5, 5.41) is 23.4. The molecule has 0 saturated carbocycles. The summed E-state index contributed by atoms with van der Waals surface area (Å²) < 4.78 is 0.938. The number of nitrogens with one attached hydrogen (secondary N) is 1. The van der Waals surface area contributed by atoms with Crippen LogP contribution in [0, 0.1) is 0 Å². The second kappa shape index (κ2) is 5.41. The average molecular weight is 328 g/mol. The Morgan fingerprint density at radius 3 is 2.78 bits per heavy atom. The van der Waals surface area contributed by atoms with Gasteiger partial charge in [-0.1, -0.05) is 0 Å². The highest BCUT2D eigenvalue weighted by Crippen LogP contribution is 2.24. The predicted octanol–water partition coefficient (Wildman–Crippen LogP) is 2.85. The van der Waals surface area contributed by atoms with Crippen LogP contribution in [0.3, 0.4) is 0 Å². The standard InChI is InChI=1S/C12H10BrNO3S/c13-9-3-4-18-11(9)6-14-12(17)8-5-7(15)1-2-10(8)16/h1-5,15-16H,6H2,(H,14,17). The zero-order valence-corrected chi connectivity index (χ0v) is 11.6. The van der Waals surface area contributed by atoms with Crippen LogP contribution >= 0.6 is 27.3 Å². The monoisotopic (exact) mass is 327 g/mol. The normalized spacial score (nSPS) is 10.3. The van der Waals surface area contributed by atoms with Crippen LogP contribution in [-0.2, 0) is 6.54 Å². The largest absolute Gasteiger partial charge is 0.508 e. The summed E-state index contributed by atoms with van der Waals surface area (Å²) in [6.45, 7) is 0.367. The molecule has 2 aromatic rings. The lowest BCUT2D eigenvalue weighted by atomic mass is 10.2. The summed E-state index contributed by atoms with van der Waals surface area (Å²) in [7, 11) is 0. The van der Waals surface area contributed by atoms with Gasteiger partial charge in [-0.2, -0.15) is 0 Å². The van der Waals surface area contributed by atoms with Crippen molar-refractivity contribution in [3.8, 4) is 11.5 Å². The predicted molar refractivity (Wildman–Crippen MR) is 73.0 cm³/mol. The molecule has 0 spiro atoms. The fourth-order valence-corrected chi connectivity index (χ4v) is 2.85. The second-order valence-corrected chi connectivity index (χ2v) is 5.43. The van der Waals surface area contributed by atoms with E-state index in [9.17, 15) is 15.0 Å². The summed E-state index contributed by atoms with van der Waals surface area (Å²) in [5.74, 6) is -0.644. The number of amides is 1. The van der Waals surface area contributed by atoms with Gasteiger partial charge in [0.1, 0.15) is 11.5 Å². The maximum absolute atomic E-state index is 11.8. The van der Waals surface area contributed by atoms with E-state index < -0.39 is 5.91 Å². The van der Waals surface area contributed by atoms with Crippen molar-refractivity contribution in [2.24, 2.45) is 0 Å². The Hall–Kier alpha value is -1.53. The summed E-state index contributed by atoms with van der Waals surface area (Å²) in [4.78, 5) is 12.8. The molecule has 0 aliphatic rings. The fourth-order valence-electron chi connectivity index (χ4n) is 1.41. The van der Waals surface area contributed by atoms with E-state index in [1.807, 2.05) is 11.4 Å². The smallest absolute Gasteiger partial charge is 0.255 e. The van der Waals surface area contributed by atoms with Crippen molar-refractivity contribution in [1.82, 2.24) is 5.32 Å². The lowest BCUT2D eigenvalue weighted by molar-refractivity contribution is 0.0948. The van der Waals surface area contributed by atoms with Crippen molar-refractivity contribution >= 4 is 33.2 Å². The molecule has 0 atom stereocenters. The van der Waals surface area contributed by atoms with E-state index in [1.165, 1.54) is 29.5 Å². The molecule has 94 valence electrons. The molecule has 0 aliphatic carbocycles. The van der Waals surface area contributed by atoms with E-state index in [0.29, 0.717) is 6.54 Å². The molecule has 0 saturated heterocycles. The van der Waals surface area contributed by atoms with Crippen LogP contribution in [0.2, 0.25) is 0 Å². The molecule has 0 bridgehead atoms. The minimum Gasteiger partial charge on any atom is -0.508 e. The fraction of sp³-hybridized carbons (Fsp3) is 0.0833. The van der Waals surface area contributed by atoms with Gasteiger partial charge in [-0.05, 0) is 45.6 Å². The molecule has 4 nitrogen and oxygen atoms in total. The number of hydrogen-bond donors (Lipinski definition) is 3. The minimum atomic E-state index is -0.427. The van der Waals surface area contributed by atoms with Gasteiger partial charge in [0.2, 0.25) is 0 Å². The van der Waals surface area contributed by atoms with Gasteiger partial charge >= 0.3 is 0 Å². The summed E-state index contributed by atoms with van der Waals surface area (Å²) in [6, 6.07) is 5.74. The number of thiophene rings is 1. The minimum absolute atomic E-state index is 0.0580. The highest BCUT2D eigenvalue weighted by molar-refractivity contribution is 9.10. The molecule has 6 heteroatoms. The van der Waals surface area contributed by atoms with Crippen molar-refractivity contribution in [2.75, 3.05) is 0 Å². The first-order valence-electron chi connectivity index (χ1n) is 5.10. The Balaban J connectivity index is 2.08. The van der Waals surface area contributed by atoms with E-state index in [4.69, 9.17) is 0 Å². The first-order valence-corrected chi connectivity index (χ1v) is 6.77. The summed E-state index contributed by atoms with van der Waals surface area (Å²) >= 11 is 4.89. The molecule has 0 radical (unpaired) electrons. The Labute approximate surface area is 116 Å². The van der Waals surface area contributed by atoms with Crippen molar-refractivity contribution in [2.45, 2.75) is 6.54 Å². The van der Waals surface area contributed by atoms with E-state index in [2.05, 4.69) is 21.2 Å². The van der Waals surface area contributed by atoms with Crippen LogP contribution < -0.4 is 5.32 Å². The molecule has 18 heavy (non-hydrogen) atoms. The van der Waals surface area contributed by atoms with Gasteiger partial charge in [0.25, 0.3) is 5.91 Å². The number of hydrogen-bond acceptors (Lipinski definition) is 4. The molecule has 1 heterocycles. The summed E-state index contributed by atoms with van der Waals surface area (Å²) in [5.41, 5.74) is 0.0580. The van der Waals surface area contributed by atoms with E-state index in [1.54, 1.807) is 0 Å². The van der Waals surface area contributed by atoms with Crippen LogP contribution in [0.1, 0.15) is 15.2 Å². The number of phenols is 2. The number of benzene rings is 1. The lowest BCUT2D eigenvalue weighted by Gasteiger charge is -2.06. The van der Waals surface area contributed by atoms with Gasteiger partial charge in [0.15, 0.2) is 0 Å². The Bertz CT molecular complexity index is 582. The van der Waals surface area contributed by atoms with Gasteiger partial charge in [-0.3, -0.25) is 4.79 Å². The third-order valence-electron chi connectivity index (χ3n) is 2.33. The quantitative estimate of drug-likeness (QED) is 0.759. The number of aromatic hydroxyl groups is 2. The van der Waals surface area contributed by atoms with Gasteiger partial charge in [0, 0.05) is 9.35 Å². The number of phenolic OH excluding ortho intramolecular Hbond substituents is 2. The highest BCUT2D eigenvalue weighted by atomic mass is 79.9. The van der Waals surface area contributed by atoms with Crippen molar-refractivity contribution in [1.29, 1.82) is 0 Å². The number of carbonyl (C=O) groups excluding carboxylic acids is 1. The third kappa shape index (κ3) is 2.83. The molecule has 0 unspecified atom stereocenters. The van der Waals surface area contributed by atoms with Crippen LogP contribution in [-0.4, -0.2) is 16.1 Å². The van der Waals surface area contributed by atoms with Gasteiger partial charge in [-0.15, -0.1) is 11.3 Å². The first kappa shape index (κ1) is 12.9. The zero-order chi connectivity index (χ0) is 13.1. The number of carbonyl (C=O) groups is 1. The Kier molecular flexibility index (Phi) is 3.88. The molecule has 1 aromatic heterocycles. The van der Waals surface area contributed by atoms with Gasteiger partial charge < -0.3 is 15.5 Å². The third-order valence-corrected chi connectivity index (χ3v) is 4.25. The molecular formula is C12H10BrNO3S. The Morgan fingerprint density at radius 1 is 1.33 bits per heavy atom. The molecule has 3 N–H and O–H groups in total. The van der Waals surface area contributed by atoms with Crippen LogP contribution in [0.15, 0.2) is 34.1 Å². The van der Waals surface area contributed by atoms with Gasteiger partial charge in [0.05, 0.1) is 12.1 Å². The van der Waals surface area contributed by atoms with E-state index in [-0.39, 0.29) is 17.1 Å². The van der Waals surface area contributed by atoms with Crippen molar-refractivity contribution in [3.05, 3.63) is 44.6 Å². The number of halogens is 1. The topological polar surface area (TPSA) is 69.6 Å². The van der Waals surface area contributed by atoms with Crippen LogP contribution in [0.5, 0.6) is 11.5 Å². The van der Waals surface area contributed by atoms with Crippen LogP contribution in [0.25, 0.3) is 0 Å². The van der Waals surface area contributed by atoms with E-state index in [0.717, 1.165) is 9.35 Å². The lowest BCUT2D eigenvalue weighted by Crippen LogP contribution is -2.22. The van der Waals surface area contributed by atoms with Gasteiger partial charge in [-0.25, -0.2) is 0 Å². The molecule has 1 amide bonds. The maximum atomic E-state index is 11.8. The molecule has 0 aliphatic heterocycles. The Morgan fingerprint density at radius 2 is 2.11 bits per heavy atom. The van der Waals surface area contributed by atoms with Crippen molar-refractivity contribution < 1.29 is 15.0 Å². The SMILES string of the molecule is O=C(NCc1sccc1Br)c1cc(O)ccc1O. The summed E-state index contributed by atoms with van der Waals surface area (Å²) in [6.07, 6.45) is 0. The highest BCUT2D eigenvalue weighted by Gasteiger charge is 2.12. The molecule has 1 aromatic carbocycles. The zero-order valence-electron chi connectivity index (χ0n) is 9.18. The van der Waals surface area contributed by atoms with Crippen molar-refractivity contribution in [3.63, 3.8) is 0 Å². The first-order chi connectivity index (χ1) is 8.58.